The number of hydrogen-bond donors (Lipinski definition) is 1. The van der Waals surface area contributed by atoms with Gasteiger partial charge in [0.15, 0.2) is 23.0 Å². The van der Waals surface area contributed by atoms with Crippen molar-refractivity contribution in [3.8, 4) is 11.5 Å². The second-order valence-corrected chi connectivity index (χ2v) is 6.80. The van der Waals surface area contributed by atoms with Crippen molar-refractivity contribution in [3.63, 3.8) is 0 Å². The molecule has 0 spiro atoms. The van der Waals surface area contributed by atoms with Crippen molar-refractivity contribution in [2.45, 2.75) is 0 Å². The average Bonchev–Trinajstić information content (AvgIpc) is 2.78. The second kappa shape index (κ2) is 7.56. The van der Waals surface area contributed by atoms with E-state index in [1.165, 1.54) is 0 Å². The third-order valence-electron chi connectivity index (χ3n) is 4.88. The highest BCUT2D eigenvalue weighted by Crippen LogP contribution is 2.33. The summed E-state index contributed by atoms with van der Waals surface area (Å²) in [5.41, 5.74) is 2.34. The third kappa shape index (κ3) is 3.54. The van der Waals surface area contributed by atoms with E-state index in [0.29, 0.717) is 73.7 Å². The number of para-hydroxylation sites is 2. The average molecular weight is 392 g/mol. The highest BCUT2D eigenvalue weighted by Gasteiger charge is 2.23. The van der Waals surface area contributed by atoms with Crippen LogP contribution in [0.4, 0.5) is 11.5 Å². The molecular formula is C21H20N4O4. The number of carbonyl (C=O) groups is 1. The zero-order chi connectivity index (χ0) is 19.6. The van der Waals surface area contributed by atoms with E-state index in [-0.39, 0.29) is 5.91 Å². The highest BCUT2D eigenvalue weighted by molar-refractivity contribution is 6.07. The van der Waals surface area contributed by atoms with Crippen LogP contribution in [0.2, 0.25) is 0 Å². The van der Waals surface area contributed by atoms with Gasteiger partial charge in [-0.15, -0.1) is 0 Å². The van der Waals surface area contributed by atoms with Crippen LogP contribution in [0.1, 0.15) is 10.5 Å². The number of rotatable bonds is 3. The summed E-state index contributed by atoms with van der Waals surface area (Å²) >= 11 is 0. The first kappa shape index (κ1) is 17.7. The van der Waals surface area contributed by atoms with Crippen molar-refractivity contribution < 1.29 is 19.0 Å². The Bertz CT molecular complexity index is 1070. The quantitative estimate of drug-likeness (QED) is 0.733. The predicted molar refractivity (Wildman–Crippen MR) is 108 cm³/mol. The number of amides is 1. The van der Waals surface area contributed by atoms with E-state index in [0.717, 1.165) is 5.52 Å². The molecule has 1 saturated heterocycles. The zero-order valence-corrected chi connectivity index (χ0v) is 15.8. The summed E-state index contributed by atoms with van der Waals surface area (Å²) < 4.78 is 16.6. The molecule has 1 amide bonds. The lowest BCUT2D eigenvalue weighted by molar-refractivity contribution is 0.101. The molecular weight excluding hydrogens is 372 g/mol. The molecule has 0 bridgehead atoms. The summed E-state index contributed by atoms with van der Waals surface area (Å²) in [7, 11) is 0. The van der Waals surface area contributed by atoms with Crippen LogP contribution < -0.4 is 19.7 Å². The first-order valence-electron chi connectivity index (χ1n) is 9.58. The van der Waals surface area contributed by atoms with Crippen LogP contribution >= 0.6 is 0 Å². The highest BCUT2D eigenvalue weighted by atomic mass is 16.6. The summed E-state index contributed by atoms with van der Waals surface area (Å²) in [6.45, 7) is 3.53. The Hall–Kier alpha value is -3.39. The summed E-state index contributed by atoms with van der Waals surface area (Å²) in [4.78, 5) is 24.5. The smallest absolute Gasteiger partial charge is 0.278 e. The number of aromatic nitrogens is 2. The number of nitrogens with one attached hydrogen (secondary N) is 1. The number of nitrogens with zero attached hydrogens (tertiary/aromatic N) is 3. The molecule has 1 aromatic heterocycles. The van der Waals surface area contributed by atoms with Crippen LogP contribution in [0.5, 0.6) is 11.5 Å². The van der Waals surface area contributed by atoms with E-state index in [2.05, 4.69) is 10.3 Å². The van der Waals surface area contributed by atoms with Crippen LogP contribution in [0.3, 0.4) is 0 Å². The van der Waals surface area contributed by atoms with Crippen molar-refractivity contribution in [2.24, 2.45) is 0 Å². The number of ether oxygens (including phenoxy) is 3. The maximum absolute atomic E-state index is 13.1. The van der Waals surface area contributed by atoms with Crippen LogP contribution in [-0.2, 0) is 4.74 Å². The predicted octanol–water partition coefficient (Wildman–Crippen LogP) is 2.49. The lowest BCUT2D eigenvalue weighted by Gasteiger charge is -2.29. The van der Waals surface area contributed by atoms with Crippen molar-refractivity contribution in [2.75, 3.05) is 49.7 Å². The Balaban J connectivity index is 1.50. The van der Waals surface area contributed by atoms with Gasteiger partial charge in [0.25, 0.3) is 5.91 Å². The van der Waals surface area contributed by atoms with Gasteiger partial charge in [-0.25, -0.2) is 9.97 Å². The lowest BCUT2D eigenvalue weighted by atomic mass is 10.2. The molecule has 3 heterocycles. The first-order valence-corrected chi connectivity index (χ1v) is 9.58. The van der Waals surface area contributed by atoms with Gasteiger partial charge in [-0.2, -0.15) is 0 Å². The molecule has 2 aliphatic heterocycles. The molecule has 0 atom stereocenters. The number of benzene rings is 2. The second-order valence-electron chi connectivity index (χ2n) is 6.80. The Morgan fingerprint density at radius 3 is 2.41 bits per heavy atom. The fourth-order valence-corrected chi connectivity index (χ4v) is 3.45. The van der Waals surface area contributed by atoms with Crippen LogP contribution in [0, 0.1) is 0 Å². The SMILES string of the molecule is O=C(Nc1ccc2c(c1)OCCO2)c1nc2ccccc2nc1N1CCOCC1. The van der Waals surface area contributed by atoms with Gasteiger partial charge < -0.3 is 24.4 Å². The summed E-state index contributed by atoms with van der Waals surface area (Å²) in [5.74, 6) is 1.55. The Morgan fingerprint density at radius 2 is 1.62 bits per heavy atom. The van der Waals surface area contributed by atoms with Crippen molar-refractivity contribution >= 4 is 28.4 Å². The summed E-state index contributed by atoms with van der Waals surface area (Å²) in [5, 5.41) is 2.92. The molecule has 5 rings (SSSR count). The van der Waals surface area contributed by atoms with Gasteiger partial charge in [0.05, 0.1) is 24.2 Å². The topological polar surface area (TPSA) is 85.8 Å². The van der Waals surface area contributed by atoms with E-state index in [9.17, 15) is 4.79 Å². The largest absolute Gasteiger partial charge is 0.486 e. The maximum Gasteiger partial charge on any atom is 0.278 e. The van der Waals surface area contributed by atoms with E-state index in [1.54, 1.807) is 18.2 Å². The molecule has 2 aliphatic rings. The molecule has 1 N–H and O–H groups in total. The first-order chi connectivity index (χ1) is 14.3. The lowest BCUT2D eigenvalue weighted by Crippen LogP contribution is -2.38. The van der Waals surface area contributed by atoms with Gasteiger partial charge in [0, 0.05) is 24.8 Å². The standard InChI is InChI=1S/C21H20N4O4/c26-21(22-14-5-6-17-18(13-14)29-12-11-28-17)19-20(25-7-9-27-10-8-25)24-16-4-2-1-3-15(16)23-19/h1-6,13H,7-12H2,(H,22,26). The van der Waals surface area contributed by atoms with Gasteiger partial charge in [-0.05, 0) is 24.3 Å². The fraction of sp³-hybridized carbons (Fsp3) is 0.286. The minimum atomic E-state index is -0.318. The van der Waals surface area contributed by atoms with Gasteiger partial charge >= 0.3 is 0 Å². The Kier molecular flexibility index (Phi) is 4.61. The molecule has 2 aromatic carbocycles. The van der Waals surface area contributed by atoms with Crippen LogP contribution in [-0.4, -0.2) is 55.4 Å². The number of fused-ring (bicyclic) bond motifs is 2. The van der Waals surface area contributed by atoms with Crippen molar-refractivity contribution in [3.05, 3.63) is 48.2 Å². The Labute approximate surface area is 167 Å². The van der Waals surface area contributed by atoms with E-state index < -0.39 is 0 Å². The minimum absolute atomic E-state index is 0.292. The van der Waals surface area contributed by atoms with Gasteiger partial charge in [-0.1, -0.05) is 12.1 Å². The van der Waals surface area contributed by atoms with Gasteiger partial charge in [0.2, 0.25) is 0 Å². The van der Waals surface area contributed by atoms with Gasteiger partial charge in [0.1, 0.15) is 13.2 Å². The molecule has 148 valence electrons. The molecule has 8 nitrogen and oxygen atoms in total. The van der Waals surface area contributed by atoms with E-state index >= 15 is 0 Å². The number of carbonyl (C=O) groups excluding carboxylic acids is 1. The van der Waals surface area contributed by atoms with Crippen LogP contribution in [0.15, 0.2) is 42.5 Å². The monoisotopic (exact) mass is 392 g/mol. The normalized spacial score (nSPS) is 15.9. The molecule has 0 radical (unpaired) electrons. The number of hydrogen-bond acceptors (Lipinski definition) is 7. The van der Waals surface area contributed by atoms with E-state index in [1.807, 2.05) is 29.2 Å². The maximum atomic E-state index is 13.1. The molecule has 0 saturated carbocycles. The fourth-order valence-electron chi connectivity index (χ4n) is 3.45. The van der Waals surface area contributed by atoms with E-state index in [4.69, 9.17) is 19.2 Å². The van der Waals surface area contributed by atoms with Gasteiger partial charge in [-0.3, -0.25) is 4.79 Å². The van der Waals surface area contributed by atoms with Crippen molar-refractivity contribution in [1.82, 2.24) is 9.97 Å². The number of morpholine rings is 1. The minimum Gasteiger partial charge on any atom is -0.486 e. The third-order valence-corrected chi connectivity index (χ3v) is 4.88. The zero-order valence-electron chi connectivity index (χ0n) is 15.8. The Morgan fingerprint density at radius 1 is 0.897 bits per heavy atom. The molecule has 29 heavy (non-hydrogen) atoms. The molecule has 0 aliphatic carbocycles. The summed E-state index contributed by atoms with van der Waals surface area (Å²) in [6.07, 6.45) is 0. The number of anilines is 2. The van der Waals surface area contributed by atoms with Crippen LogP contribution in [0.25, 0.3) is 11.0 Å². The molecule has 0 unspecified atom stereocenters. The van der Waals surface area contributed by atoms with Crippen molar-refractivity contribution in [1.29, 1.82) is 0 Å². The molecule has 1 fully saturated rings. The molecule has 3 aromatic rings. The summed E-state index contributed by atoms with van der Waals surface area (Å²) in [6, 6.07) is 12.9. The molecule has 8 heteroatoms.